The van der Waals surface area contributed by atoms with Gasteiger partial charge in [0.25, 0.3) is 11.4 Å². The minimum Gasteiger partial charge on any atom is -0.497 e. The molecular weight excluding hydrogens is 920 g/mol. The number of ether oxygens (including phenoxy) is 3. The van der Waals surface area contributed by atoms with Crippen LogP contribution < -0.4 is 24.8 Å². The number of anilines is 2. The molecule has 4 rings (SSSR count). The summed E-state index contributed by atoms with van der Waals surface area (Å²) in [5.41, 5.74) is -5.14. The maximum atomic E-state index is 13.6. The zero-order valence-electron chi connectivity index (χ0n) is 33.9. The average molecular weight is 961 g/mol. The highest BCUT2D eigenvalue weighted by molar-refractivity contribution is 7.54. The van der Waals surface area contributed by atoms with Gasteiger partial charge in [-0.05, 0) is 76.2 Å². The first kappa shape index (κ1) is 52.2. The first-order chi connectivity index (χ1) is 29.5. The Hall–Kier alpha value is -5.15. The van der Waals surface area contributed by atoms with E-state index < -0.39 is 84.0 Å². The second kappa shape index (κ2) is 23.0. The third kappa shape index (κ3) is 15.6. The van der Waals surface area contributed by atoms with Crippen molar-refractivity contribution in [1.82, 2.24) is 0 Å². The minimum atomic E-state index is -4.93. The van der Waals surface area contributed by atoms with Crippen molar-refractivity contribution in [3.05, 3.63) is 109 Å². The van der Waals surface area contributed by atoms with Gasteiger partial charge in [-0.15, -0.1) is 0 Å². The molecule has 4 aromatic carbocycles. The second-order valence-electron chi connectivity index (χ2n) is 12.1. The van der Waals surface area contributed by atoms with Gasteiger partial charge in [0, 0.05) is 29.3 Å². The monoisotopic (exact) mass is 960 g/mol. The summed E-state index contributed by atoms with van der Waals surface area (Å²) in [7, 11) is -5.93. The molecule has 17 nitrogen and oxygen atoms in total. The molecule has 0 aliphatic rings. The van der Waals surface area contributed by atoms with Crippen molar-refractivity contribution in [2.75, 3.05) is 56.7 Å². The summed E-state index contributed by atoms with van der Waals surface area (Å²) in [5.74, 6) is -0.833. The third-order valence-electron chi connectivity index (χ3n) is 7.76. The number of nitro groups is 2. The highest BCUT2D eigenvalue weighted by Gasteiger charge is 2.40. The molecule has 346 valence electrons. The topological polar surface area (TPSA) is 209 Å². The van der Waals surface area contributed by atoms with Crippen molar-refractivity contribution in [2.45, 2.75) is 40.0 Å². The molecule has 0 aliphatic carbocycles. The molecule has 63 heavy (non-hydrogen) atoms. The van der Waals surface area contributed by atoms with Gasteiger partial charge in [-0.25, -0.2) is 0 Å². The molecular formula is C37H41ClF6N4O13P2. The molecule has 0 atom stereocenters. The molecule has 4 aromatic rings. The fourth-order valence-corrected chi connectivity index (χ4v) is 8.08. The molecule has 0 spiro atoms. The van der Waals surface area contributed by atoms with Crippen LogP contribution in [0.4, 0.5) is 49.1 Å². The summed E-state index contributed by atoms with van der Waals surface area (Å²) in [6, 6.07) is 13.6. The lowest BCUT2D eigenvalue weighted by Crippen LogP contribution is -2.12. The zero-order valence-corrected chi connectivity index (χ0v) is 36.5. The fourth-order valence-electron chi connectivity index (χ4n) is 5.14. The maximum Gasteiger partial charge on any atom is 0.420 e. The maximum absolute atomic E-state index is 13.6. The van der Waals surface area contributed by atoms with Crippen LogP contribution >= 0.6 is 26.8 Å². The molecule has 0 saturated heterocycles. The third-order valence-corrected chi connectivity index (χ3v) is 11.7. The normalized spacial score (nSPS) is 11.9. The number of hydrogen-bond donors (Lipinski definition) is 2. The van der Waals surface area contributed by atoms with E-state index in [2.05, 4.69) is 10.6 Å². The van der Waals surface area contributed by atoms with Crippen LogP contribution in [0.2, 0.25) is 5.02 Å². The van der Waals surface area contributed by atoms with Gasteiger partial charge in [-0.2, -0.15) is 26.3 Å². The van der Waals surface area contributed by atoms with Crippen LogP contribution in [-0.2, 0) is 39.6 Å². The first-order valence-electron chi connectivity index (χ1n) is 18.3. The van der Waals surface area contributed by atoms with E-state index in [9.17, 15) is 55.7 Å². The predicted molar refractivity (Wildman–Crippen MR) is 219 cm³/mol. The van der Waals surface area contributed by atoms with E-state index in [1.165, 1.54) is 55.6 Å². The molecule has 0 bridgehead atoms. The summed E-state index contributed by atoms with van der Waals surface area (Å²) in [6.45, 7) is 6.46. The molecule has 0 aliphatic heterocycles. The molecule has 0 radical (unpaired) electrons. The minimum absolute atomic E-state index is 0.0315. The highest BCUT2D eigenvalue weighted by Crippen LogP contribution is 2.51. The van der Waals surface area contributed by atoms with E-state index in [1.54, 1.807) is 27.7 Å². The van der Waals surface area contributed by atoms with E-state index in [1.807, 2.05) is 0 Å². The van der Waals surface area contributed by atoms with Gasteiger partial charge in [-0.1, -0.05) is 11.6 Å². The lowest BCUT2D eigenvalue weighted by atomic mass is 10.1. The van der Waals surface area contributed by atoms with Crippen molar-refractivity contribution < 1.29 is 77.6 Å². The smallest absolute Gasteiger partial charge is 0.420 e. The first-order valence-corrected chi connectivity index (χ1v) is 22.1. The molecule has 0 heterocycles. The Kier molecular flexibility index (Phi) is 19.0. The average Bonchev–Trinajstić information content (AvgIpc) is 3.20. The van der Waals surface area contributed by atoms with Gasteiger partial charge < -0.3 is 42.9 Å². The number of methoxy groups -OCH3 is 1. The standard InChI is InChI=1S/C19H22F3N2O7P.C18H19ClF3N2O6P/c1-4-29-32(27,30-5-2)12-23-16-11-18(31-14-8-6-13(28-3)7-9-14)15(19(20,21)22)10-17(16)24(25)26;1-3-28-31(27,29-4-2)11-23-15-10-17(30-13-7-5-12(19)6-8-13)14(18(20,21)22)9-16(15)24(25)26/h6-11,23H,4-5,12H2,1-3H3;5-10,23H,3-4,11H2,1-2H3. The van der Waals surface area contributed by atoms with Gasteiger partial charge in [0.05, 0.1) is 43.4 Å². The molecule has 2 N–H and O–H groups in total. The van der Waals surface area contributed by atoms with Crippen molar-refractivity contribution in [1.29, 1.82) is 0 Å². The van der Waals surface area contributed by atoms with Crippen molar-refractivity contribution in [3.63, 3.8) is 0 Å². The molecule has 0 amide bonds. The van der Waals surface area contributed by atoms with Gasteiger partial charge in [0.15, 0.2) is 0 Å². The number of nitro benzene ring substituents is 2. The quantitative estimate of drug-likeness (QED) is 0.0344. The van der Waals surface area contributed by atoms with Crippen LogP contribution in [0.5, 0.6) is 28.7 Å². The zero-order chi connectivity index (χ0) is 47.2. The number of benzene rings is 4. The molecule has 26 heteroatoms. The fraction of sp³-hybridized carbons (Fsp3) is 0.351. The number of halogens is 7. The number of rotatable bonds is 21. The van der Waals surface area contributed by atoms with E-state index in [4.69, 9.17) is 43.9 Å². The summed E-state index contributed by atoms with van der Waals surface area (Å²) in [6.07, 6.45) is -10.9. The van der Waals surface area contributed by atoms with E-state index in [0.29, 0.717) is 22.9 Å². The Morgan fingerprint density at radius 3 is 1.19 bits per heavy atom. The van der Waals surface area contributed by atoms with Crippen LogP contribution in [0, 0.1) is 20.2 Å². The van der Waals surface area contributed by atoms with Gasteiger partial charge in [0.1, 0.15) is 63.8 Å². The Balaban J connectivity index is 0.000000335. The summed E-state index contributed by atoms with van der Waals surface area (Å²) >= 11 is 5.76. The Bertz CT molecular complexity index is 2250. The van der Waals surface area contributed by atoms with Crippen LogP contribution in [0.3, 0.4) is 0 Å². The van der Waals surface area contributed by atoms with Crippen molar-refractivity contribution >= 4 is 49.5 Å². The van der Waals surface area contributed by atoms with E-state index in [-0.39, 0.29) is 49.3 Å². The number of alkyl halides is 6. The van der Waals surface area contributed by atoms with Gasteiger partial charge in [-0.3, -0.25) is 29.4 Å². The highest BCUT2D eigenvalue weighted by atomic mass is 35.5. The van der Waals surface area contributed by atoms with Crippen LogP contribution in [0.15, 0.2) is 72.8 Å². The second-order valence-corrected chi connectivity index (χ2v) is 16.7. The Morgan fingerprint density at radius 2 is 0.905 bits per heavy atom. The Morgan fingerprint density at radius 1 is 0.587 bits per heavy atom. The number of nitrogens with zero attached hydrogens (tertiary/aromatic N) is 2. The molecule has 0 saturated carbocycles. The lowest BCUT2D eigenvalue weighted by molar-refractivity contribution is -0.384. The molecule has 0 unspecified atom stereocenters. The summed E-state index contributed by atoms with van der Waals surface area (Å²) in [5, 5.41) is 28.2. The summed E-state index contributed by atoms with van der Waals surface area (Å²) in [4.78, 5) is 20.8. The Labute approximate surface area is 361 Å². The van der Waals surface area contributed by atoms with Crippen LogP contribution in [0.25, 0.3) is 0 Å². The van der Waals surface area contributed by atoms with E-state index >= 15 is 0 Å². The van der Waals surface area contributed by atoms with E-state index in [0.717, 1.165) is 12.1 Å². The largest absolute Gasteiger partial charge is 0.497 e. The number of hydrogen-bond acceptors (Lipinski definition) is 15. The van der Waals surface area contributed by atoms with Crippen molar-refractivity contribution in [3.8, 4) is 28.7 Å². The number of nitrogens with one attached hydrogen (secondary N) is 2. The van der Waals surface area contributed by atoms with Crippen LogP contribution in [-0.4, -0.2) is 56.0 Å². The molecule has 0 fully saturated rings. The van der Waals surface area contributed by atoms with Crippen LogP contribution in [0.1, 0.15) is 38.8 Å². The molecule has 0 aromatic heterocycles. The van der Waals surface area contributed by atoms with Gasteiger partial charge in [0.2, 0.25) is 0 Å². The van der Waals surface area contributed by atoms with Gasteiger partial charge >= 0.3 is 27.5 Å². The lowest BCUT2D eigenvalue weighted by Gasteiger charge is -2.19. The predicted octanol–water partition coefficient (Wildman–Crippen LogP) is 12.7. The summed E-state index contributed by atoms with van der Waals surface area (Å²) < 4.78 is 143. The van der Waals surface area contributed by atoms with Crippen molar-refractivity contribution in [2.24, 2.45) is 0 Å². The SMILES string of the molecule is CCOP(=O)(CNc1cc(Oc2ccc(Cl)cc2)c(C(F)(F)F)cc1[N+](=O)[O-])OCC.CCOP(=O)(CNc1cc(Oc2ccc(OC)cc2)c(C(F)(F)F)cc1[N+](=O)[O-])OCC.